The molecule has 1 amide bonds. The summed E-state index contributed by atoms with van der Waals surface area (Å²) >= 11 is 6.02. The van der Waals surface area contributed by atoms with Crippen LogP contribution >= 0.6 is 11.6 Å². The number of carbonyl (C=O) groups excluding carboxylic acids is 1. The van der Waals surface area contributed by atoms with E-state index in [0.29, 0.717) is 35.4 Å². The third-order valence-electron chi connectivity index (χ3n) is 2.76. The maximum absolute atomic E-state index is 11.7. The summed E-state index contributed by atoms with van der Waals surface area (Å²) in [6.45, 7) is 1.33. The van der Waals surface area contributed by atoms with Crippen LogP contribution in [0.2, 0.25) is 5.02 Å². The Labute approximate surface area is 129 Å². The van der Waals surface area contributed by atoms with Crippen LogP contribution in [0.1, 0.15) is 6.42 Å². The molecule has 0 atom stereocenters. The zero-order valence-corrected chi connectivity index (χ0v) is 13.3. The largest absolute Gasteiger partial charge is 0.495 e. The van der Waals surface area contributed by atoms with E-state index in [4.69, 9.17) is 25.8 Å². The fourth-order valence-corrected chi connectivity index (χ4v) is 1.91. The van der Waals surface area contributed by atoms with E-state index < -0.39 is 0 Å². The first kappa shape index (κ1) is 17.4. The number of halogens is 1. The van der Waals surface area contributed by atoms with Crippen LogP contribution in [0, 0.1) is 0 Å². The molecule has 0 unspecified atom stereocenters. The van der Waals surface area contributed by atoms with Gasteiger partial charge >= 0.3 is 0 Å². The summed E-state index contributed by atoms with van der Waals surface area (Å²) in [5.74, 6) is 0.954. The van der Waals surface area contributed by atoms with Crippen LogP contribution < -0.4 is 20.1 Å². The molecule has 0 saturated carbocycles. The van der Waals surface area contributed by atoms with Gasteiger partial charge in [-0.15, -0.1) is 0 Å². The topological polar surface area (TPSA) is 68.8 Å². The Bertz CT molecular complexity index is 469. The fraction of sp³-hybridized carbons (Fsp3) is 0.500. The Kier molecular flexibility index (Phi) is 7.71. The van der Waals surface area contributed by atoms with Crippen LogP contribution in [0.25, 0.3) is 0 Å². The minimum atomic E-state index is -0.109. The van der Waals surface area contributed by atoms with Crippen molar-refractivity contribution in [2.45, 2.75) is 6.42 Å². The zero-order valence-electron chi connectivity index (χ0n) is 12.5. The summed E-state index contributed by atoms with van der Waals surface area (Å²) < 4.78 is 15.3. The van der Waals surface area contributed by atoms with Gasteiger partial charge in [0.1, 0.15) is 11.5 Å². The highest BCUT2D eigenvalue weighted by molar-refractivity contribution is 6.32. The molecule has 0 aliphatic heterocycles. The predicted molar refractivity (Wildman–Crippen MR) is 82.5 cm³/mol. The molecule has 21 heavy (non-hydrogen) atoms. The number of rotatable bonds is 9. The molecule has 1 aromatic carbocycles. The van der Waals surface area contributed by atoms with Crippen LogP contribution in [0.3, 0.4) is 0 Å². The number of carbonyl (C=O) groups is 1. The van der Waals surface area contributed by atoms with E-state index >= 15 is 0 Å². The molecule has 0 fully saturated rings. The van der Waals surface area contributed by atoms with E-state index in [1.807, 2.05) is 0 Å². The molecule has 0 saturated heterocycles. The molecule has 0 aromatic heterocycles. The molecular formula is C14H21ClN2O4. The number of hydrogen-bond donors (Lipinski definition) is 2. The summed E-state index contributed by atoms with van der Waals surface area (Å²) in [4.78, 5) is 11.7. The second-order valence-corrected chi connectivity index (χ2v) is 4.64. The van der Waals surface area contributed by atoms with Gasteiger partial charge in [0.2, 0.25) is 5.91 Å². The van der Waals surface area contributed by atoms with Gasteiger partial charge in [0.05, 0.1) is 31.5 Å². The molecule has 6 nitrogen and oxygen atoms in total. The van der Waals surface area contributed by atoms with E-state index in [1.54, 1.807) is 19.2 Å². The van der Waals surface area contributed by atoms with E-state index in [-0.39, 0.29) is 12.5 Å². The van der Waals surface area contributed by atoms with Crippen LogP contribution in [-0.4, -0.2) is 46.9 Å². The van der Waals surface area contributed by atoms with Gasteiger partial charge in [-0.25, -0.2) is 0 Å². The van der Waals surface area contributed by atoms with Crippen LogP contribution in [0.15, 0.2) is 12.1 Å². The van der Waals surface area contributed by atoms with Gasteiger partial charge in [-0.3, -0.25) is 4.79 Å². The first-order valence-electron chi connectivity index (χ1n) is 6.53. The van der Waals surface area contributed by atoms with E-state index in [0.717, 1.165) is 6.42 Å². The van der Waals surface area contributed by atoms with Gasteiger partial charge in [-0.05, 0) is 6.42 Å². The molecule has 1 aromatic rings. The molecule has 0 aliphatic rings. The second kappa shape index (κ2) is 9.31. The van der Waals surface area contributed by atoms with Crippen LogP contribution in [0.4, 0.5) is 5.69 Å². The Hall–Kier alpha value is -1.66. The van der Waals surface area contributed by atoms with Crippen molar-refractivity contribution in [3.05, 3.63) is 17.2 Å². The van der Waals surface area contributed by atoms with Crippen molar-refractivity contribution in [3.63, 3.8) is 0 Å². The van der Waals surface area contributed by atoms with Crippen molar-refractivity contribution in [2.24, 2.45) is 0 Å². The summed E-state index contributed by atoms with van der Waals surface area (Å²) in [6, 6.07) is 3.33. The number of amides is 1. The standard InChI is InChI=1S/C14H21ClN2O4/c1-19-6-4-5-16-14(18)9-17-11-8-12(20-2)10(15)7-13(11)21-3/h7-8,17H,4-6,9H2,1-3H3,(H,16,18). The Morgan fingerprint density at radius 1 is 1.19 bits per heavy atom. The number of anilines is 1. The van der Waals surface area contributed by atoms with Crippen molar-refractivity contribution < 1.29 is 19.0 Å². The number of nitrogens with one attached hydrogen (secondary N) is 2. The highest BCUT2D eigenvalue weighted by Crippen LogP contribution is 2.35. The lowest BCUT2D eigenvalue weighted by Gasteiger charge is -2.14. The van der Waals surface area contributed by atoms with E-state index in [9.17, 15) is 4.79 Å². The van der Waals surface area contributed by atoms with Gasteiger partial charge in [-0.2, -0.15) is 0 Å². The first-order chi connectivity index (χ1) is 10.1. The maximum Gasteiger partial charge on any atom is 0.239 e. The fourth-order valence-electron chi connectivity index (χ4n) is 1.68. The molecule has 0 bridgehead atoms. The number of hydrogen-bond acceptors (Lipinski definition) is 5. The van der Waals surface area contributed by atoms with Crippen molar-refractivity contribution in [2.75, 3.05) is 46.3 Å². The Morgan fingerprint density at radius 2 is 1.90 bits per heavy atom. The van der Waals surface area contributed by atoms with Crippen molar-refractivity contribution >= 4 is 23.2 Å². The zero-order chi connectivity index (χ0) is 15.7. The van der Waals surface area contributed by atoms with Crippen molar-refractivity contribution in [1.29, 1.82) is 0 Å². The predicted octanol–water partition coefficient (Wildman–Crippen LogP) is 1.92. The average molecular weight is 317 g/mol. The van der Waals surface area contributed by atoms with Gasteiger partial charge in [-0.1, -0.05) is 11.6 Å². The summed E-state index contributed by atoms with van der Waals surface area (Å²) in [5, 5.41) is 6.23. The number of benzene rings is 1. The second-order valence-electron chi connectivity index (χ2n) is 4.24. The molecule has 0 spiro atoms. The van der Waals surface area contributed by atoms with Crippen LogP contribution in [-0.2, 0) is 9.53 Å². The van der Waals surface area contributed by atoms with Crippen molar-refractivity contribution in [3.8, 4) is 11.5 Å². The van der Waals surface area contributed by atoms with Gasteiger partial charge in [0, 0.05) is 32.4 Å². The summed E-state index contributed by atoms with van der Waals surface area (Å²) in [6.07, 6.45) is 0.778. The first-order valence-corrected chi connectivity index (χ1v) is 6.91. The van der Waals surface area contributed by atoms with E-state index in [2.05, 4.69) is 10.6 Å². The highest BCUT2D eigenvalue weighted by Gasteiger charge is 2.10. The minimum absolute atomic E-state index is 0.109. The molecule has 0 aliphatic carbocycles. The molecule has 2 N–H and O–H groups in total. The van der Waals surface area contributed by atoms with E-state index in [1.165, 1.54) is 14.2 Å². The van der Waals surface area contributed by atoms with Gasteiger partial charge in [0.15, 0.2) is 0 Å². The SMILES string of the molecule is COCCCNC(=O)CNc1cc(OC)c(Cl)cc1OC. The van der Waals surface area contributed by atoms with Crippen LogP contribution in [0.5, 0.6) is 11.5 Å². The molecule has 1 rings (SSSR count). The minimum Gasteiger partial charge on any atom is -0.495 e. The maximum atomic E-state index is 11.7. The molecule has 118 valence electrons. The lowest BCUT2D eigenvalue weighted by atomic mass is 10.2. The smallest absolute Gasteiger partial charge is 0.239 e. The third kappa shape index (κ3) is 5.69. The quantitative estimate of drug-likeness (QED) is 0.681. The normalized spacial score (nSPS) is 10.1. The van der Waals surface area contributed by atoms with Crippen molar-refractivity contribution in [1.82, 2.24) is 5.32 Å². The lowest BCUT2D eigenvalue weighted by molar-refractivity contribution is -0.119. The molecule has 0 radical (unpaired) electrons. The molecular weight excluding hydrogens is 296 g/mol. The summed E-state index contributed by atoms with van der Waals surface area (Å²) in [5.41, 5.74) is 0.644. The summed E-state index contributed by atoms with van der Waals surface area (Å²) in [7, 11) is 4.69. The number of ether oxygens (including phenoxy) is 3. The number of methoxy groups -OCH3 is 3. The molecule has 7 heteroatoms. The lowest BCUT2D eigenvalue weighted by Crippen LogP contribution is -2.31. The Morgan fingerprint density at radius 3 is 2.52 bits per heavy atom. The highest BCUT2D eigenvalue weighted by atomic mass is 35.5. The third-order valence-corrected chi connectivity index (χ3v) is 3.06. The average Bonchev–Trinajstić information content (AvgIpc) is 2.49. The van der Waals surface area contributed by atoms with Gasteiger partial charge in [0.25, 0.3) is 0 Å². The Balaban J connectivity index is 2.55. The monoisotopic (exact) mass is 316 g/mol. The van der Waals surface area contributed by atoms with Gasteiger partial charge < -0.3 is 24.8 Å². The molecule has 0 heterocycles.